The molecular formula is C14H19NO3. The quantitative estimate of drug-likeness (QED) is 0.829. The fourth-order valence-electron chi connectivity index (χ4n) is 1.71. The first-order chi connectivity index (χ1) is 8.33. The maximum Gasteiger partial charge on any atom is 0.303 e. The van der Waals surface area contributed by atoms with E-state index in [1.807, 2.05) is 31.2 Å². The molecule has 0 fully saturated rings. The Bertz CT molecular complexity index is 439. The summed E-state index contributed by atoms with van der Waals surface area (Å²) in [7, 11) is 0. The Hall–Kier alpha value is -1.84. The maximum absolute atomic E-state index is 11.2. The van der Waals surface area contributed by atoms with Crippen LogP contribution in [0.3, 0.4) is 0 Å². The average Bonchev–Trinajstić information content (AvgIpc) is 2.26. The molecule has 1 atom stereocenters. The second-order valence-electron chi connectivity index (χ2n) is 4.60. The Balaban J connectivity index is 2.98. The minimum Gasteiger partial charge on any atom is -0.453 e. The Morgan fingerprint density at radius 1 is 1.22 bits per heavy atom. The number of benzene rings is 1. The van der Waals surface area contributed by atoms with Crippen molar-refractivity contribution >= 4 is 11.9 Å². The number of nitrogens with one attached hydrogen (secondary N) is 1. The summed E-state index contributed by atoms with van der Waals surface area (Å²) < 4.78 is 5.36. The predicted molar refractivity (Wildman–Crippen MR) is 69.0 cm³/mol. The fourth-order valence-corrected chi connectivity index (χ4v) is 1.71. The van der Waals surface area contributed by atoms with Crippen molar-refractivity contribution in [3.05, 3.63) is 35.4 Å². The van der Waals surface area contributed by atoms with Gasteiger partial charge in [0.2, 0.25) is 5.91 Å². The van der Waals surface area contributed by atoms with Crippen molar-refractivity contribution in [3.63, 3.8) is 0 Å². The van der Waals surface area contributed by atoms with Crippen LogP contribution in [0.25, 0.3) is 0 Å². The molecule has 0 aliphatic rings. The maximum atomic E-state index is 11.2. The highest BCUT2D eigenvalue weighted by molar-refractivity contribution is 5.73. The van der Waals surface area contributed by atoms with Crippen LogP contribution in [0.5, 0.6) is 0 Å². The van der Waals surface area contributed by atoms with E-state index >= 15 is 0 Å². The Labute approximate surface area is 107 Å². The number of rotatable bonds is 4. The average molecular weight is 249 g/mol. The highest BCUT2D eigenvalue weighted by Crippen LogP contribution is 2.25. The summed E-state index contributed by atoms with van der Waals surface area (Å²) in [6.07, 6.45) is 0. The third-order valence-corrected chi connectivity index (χ3v) is 2.71. The van der Waals surface area contributed by atoms with Crippen molar-refractivity contribution in [1.29, 1.82) is 0 Å². The van der Waals surface area contributed by atoms with Crippen LogP contribution in [0, 0.1) is 6.92 Å². The number of hydrogen-bond donors (Lipinski definition) is 1. The van der Waals surface area contributed by atoms with Crippen molar-refractivity contribution in [2.45, 2.75) is 33.3 Å². The van der Waals surface area contributed by atoms with E-state index in [4.69, 9.17) is 4.74 Å². The second-order valence-corrected chi connectivity index (χ2v) is 4.60. The molecule has 1 amide bonds. The van der Waals surface area contributed by atoms with Gasteiger partial charge >= 0.3 is 5.97 Å². The van der Waals surface area contributed by atoms with Crippen LogP contribution in [0.2, 0.25) is 0 Å². The van der Waals surface area contributed by atoms with Gasteiger partial charge in [-0.2, -0.15) is 0 Å². The zero-order valence-corrected chi connectivity index (χ0v) is 11.2. The molecule has 0 spiro atoms. The summed E-state index contributed by atoms with van der Waals surface area (Å²) in [4.78, 5) is 22.2. The summed E-state index contributed by atoms with van der Waals surface area (Å²) in [5.41, 5.74) is 1.14. The minimum absolute atomic E-state index is 0.152. The number of aryl methyl sites for hydroxylation is 1. The van der Waals surface area contributed by atoms with Crippen LogP contribution in [0.1, 0.15) is 31.9 Å². The molecule has 0 aromatic heterocycles. The number of ether oxygens (including phenoxy) is 1. The first-order valence-corrected chi connectivity index (χ1v) is 5.84. The van der Waals surface area contributed by atoms with Crippen LogP contribution in [0.4, 0.5) is 0 Å². The minimum atomic E-state index is -0.842. The summed E-state index contributed by atoms with van der Waals surface area (Å²) in [5.74, 6) is -0.524. The van der Waals surface area contributed by atoms with Gasteiger partial charge in [0.05, 0.1) is 6.54 Å². The van der Waals surface area contributed by atoms with Gasteiger partial charge < -0.3 is 10.1 Å². The highest BCUT2D eigenvalue weighted by atomic mass is 16.6. The third kappa shape index (κ3) is 3.87. The van der Waals surface area contributed by atoms with Gasteiger partial charge in [0, 0.05) is 13.8 Å². The van der Waals surface area contributed by atoms with Gasteiger partial charge in [0.15, 0.2) is 5.60 Å². The SMILES string of the molecule is CC(=O)NC[C@@](C)(OC(C)=O)c1ccc(C)cc1. The molecule has 0 aliphatic carbocycles. The van der Waals surface area contributed by atoms with Crippen molar-refractivity contribution in [1.82, 2.24) is 5.32 Å². The van der Waals surface area contributed by atoms with Gasteiger partial charge in [-0.25, -0.2) is 0 Å². The van der Waals surface area contributed by atoms with E-state index in [1.54, 1.807) is 6.92 Å². The molecule has 4 nitrogen and oxygen atoms in total. The molecule has 18 heavy (non-hydrogen) atoms. The molecule has 1 N–H and O–H groups in total. The van der Waals surface area contributed by atoms with E-state index in [0.717, 1.165) is 11.1 Å². The number of esters is 1. The number of amides is 1. The van der Waals surface area contributed by atoms with E-state index in [2.05, 4.69) is 5.32 Å². The van der Waals surface area contributed by atoms with Crippen molar-refractivity contribution in [2.75, 3.05) is 6.54 Å². The summed E-state index contributed by atoms with van der Waals surface area (Å²) in [6, 6.07) is 7.70. The molecule has 0 saturated heterocycles. The zero-order chi connectivity index (χ0) is 13.8. The van der Waals surface area contributed by atoms with Gasteiger partial charge in [-0.05, 0) is 19.4 Å². The van der Waals surface area contributed by atoms with E-state index in [9.17, 15) is 9.59 Å². The third-order valence-electron chi connectivity index (χ3n) is 2.71. The largest absolute Gasteiger partial charge is 0.453 e. The smallest absolute Gasteiger partial charge is 0.303 e. The number of hydrogen-bond acceptors (Lipinski definition) is 3. The molecule has 1 aromatic carbocycles. The second kappa shape index (κ2) is 5.67. The zero-order valence-electron chi connectivity index (χ0n) is 11.2. The lowest BCUT2D eigenvalue weighted by atomic mass is 9.94. The normalized spacial score (nSPS) is 13.6. The van der Waals surface area contributed by atoms with Crippen LogP contribution in [-0.2, 0) is 19.9 Å². The predicted octanol–water partition coefficient (Wildman–Crippen LogP) is 1.91. The van der Waals surface area contributed by atoms with Crippen LogP contribution < -0.4 is 5.32 Å². The van der Waals surface area contributed by atoms with Crippen molar-refractivity contribution in [3.8, 4) is 0 Å². The lowest BCUT2D eigenvalue weighted by Crippen LogP contribution is -2.41. The summed E-state index contributed by atoms with van der Waals surface area (Å²) >= 11 is 0. The number of carbonyl (C=O) groups is 2. The van der Waals surface area contributed by atoms with E-state index in [1.165, 1.54) is 13.8 Å². The molecule has 0 heterocycles. The van der Waals surface area contributed by atoms with Crippen molar-refractivity contribution < 1.29 is 14.3 Å². The van der Waals surface area contributed by atoms with Crippen molar-refractivity contribution in [2.24, 2.45) is 0 Å². The van der Waals surface area contributed by atoms with Crippen LogP contribution in [0.15, 0.2) is 24.3 Å². The first-order valence-electron chi connectivity index (χ1n) is 5.84. The van der Waals surface area contributed by atoms with Gasteiger partial charge in [-0.1, -0.05) is 29.8 Å². The van der Waals surface area contributed by atoms with Gasteiger partial charge in [0.1, 0.15) is 0 Å². The molecule has 1 aromatic rings. The Morgan fingerprint density at radius 2 is 1.78 bits per heavy atom. The summed E-state index contributed by atoms with van der Waals surface area (Å²) in [5, 5.41) is 2.69. The molecule has 0 bridgehead atoms. The lowest BCUT2D eigenvalue weighted by molar-refractivity contribution is -0.156. The molecule has 0 unspecified atom stereocenters. The Morgan fingerprint density at radius 3 is 2.22 bits per heavy atom. The lowest BCUT2D eigenvalue weighted by Gasteiger charge is -2.29. The van der Waals surface area contributed by atoms with Crippen LogP contribution >= 0.6 is 0 Å². The number of carbonyl (C=O) groups excluding carboxylic acids is 2. The molecule has 4 heteroatoms. The van der Waals surface area contributed by atoms with E-state index in [-0.39, 0.29) is 18.4 Å². The molecule has 0 aliphatic heterocycles. The topological polar surface area (TPSA) is 55.4 Å². The van der Waals surface area contributed by atoms with E-state index < -0.39 is 5.60 Å². The molecule has 98 valence electrons. The highest BCUT2D eigenvalue weighted by Gasteiger charge is 2.30. The molecule has 1 rings (SSSR count). The Kier molecular flexibility index (Phi) is 4.48. The van der Waals surface area contributed by atoms with Gasteiger partial charge in [-0.15, -0.1) is 0 Å². The molecular weight excluding hydrogens is 230 g/mol. The first kappa shape index (κ1) is 14.2. The standard InChI is InChI=1S/C14H19NO3/c1-10-5-7-13(8-6-10)14(4,18-12(3)17)9-15-11(2)16/h5-8H,9H2,1-4H3,(H,15,16)/t14-/m1/s1. The van der Waals surface area contributed by atoms with Gasteiger partial charge in [-0.3, -0.25) is 9.59 Å². The monoisotopic (exact) mass is 249 g/mol. The van der Waals surface area contributed by atoms with Gasteiger partial charge in [0.25, 0.3) is 0 Å². The molecule has 0 saturated carbocycles. The van der Waals surface area contributed by atoms with E-state index in [0.29, 0.717) is 0 Å². The molecule has 0 radical (unpaired) electrons. The summed E-state index contributed by atoms with van der Waals surface area (Å²) in [6.45, 7) is 6.82. The fraction of sp³-hybridized carbons (Fsp3) is 0.429. The van der Waals surface area contributed by atoms with Crippen LogP contribution in [-0.4, -0.2) is 18.4 Å².